The van der Waals surface area contributed by atoms with Gasteiger partial charge in [0.2, 0.25) is 0 Å². The van der Waals surface area contributed by atoms with Crippen LogP contribution in [0.2, 0.25) is 0 Å². The number of pyridine rings is 1. The Hall–Kier alpha value is -2.29. The van der Waals surface area contributed by atoms with Gasteiger partial charge in [-0.25, -0.2) is 0 Å². The number of benzene rings is 1. The summed E-state index contributed by atoms with van der Waals surface area (Å²) in [6.07, 6.45) is 7.34. The van der Waals surface area contributed by atoms with E-state index in [9.17, 15) is 5.11 Å². The fourth-order valence-corrected chi connectivity index (χ4v) is 1.49. The molecule has 0 amide bonds. The number of ether oxygens (including phenoxy) is 1. The maximum absolute atomic E-state index is 9.50. The van der Waals surface area contributed by atoms with E-state index in [-0.39, 0.29) is 5.75 Å². The van der Waals surface area contributed by atoms with Crippen LogP contribution >= 0.6 is 0 Å². The first kappa shape index (κ1) is 11.2. The zero-order valence-electron chi connectivity index (χ0n) is 9.50. The summed E-state index contributed by atoms with van der Waals surface area (Å²) in [5.74, 6) is 0.825. The van der Waals surface area contributed by atoms with Crippen LogP contribution in [0.5, 0.6) is 11.5 Å². The number of aromatic nitrogens is 1. The fraction of sp³-hybridized carbons (Fsp3) is 0.0714. The van der Waals surface area contributed by atoms with Gasteiger partial charge in [-0.1, -0.05) is 18.2 Å². The van der Waals surface area contributed by atoms with E-state index in [1.165, 1.54) is 0 Å². The molecular formula is C14H13NO2. The Bertz CT molecular complexity index is 521. The molecule has 1 N–H and O–H groups in total. The van der Waals surface area contributed by atoms with Gasteiger partial charge in [0.25, 0.3) is 0 Å². The van der Waals surface area contributed by atoms with Crippen LogP contribution in [0.3, 0.4) is 0 Å². The summed E-state index contributed by atoms with van der Waals surface area (Å²) in [7, 11) is 1.57. The van der Waals surface area contributed by atoms with Gasteiger partial charge in [0.1, 0.15) is 11.5 Å². The molecule has 0 aliphatic heterocycles. The normalized spacial score (nSPS) is 10.6. The first-order chi connectivity index (χ1) is 8.28. The number of rotatable bonds is 3. The largest absolute Gasteiger partial charge is 0.508 e. The van der Waals surface area contributed by atoms with Crippen molar-refractivity contribution in [1.82, 2.24) is 4.98 Å². The van der Waals surface area contributed by atoms with Crippen LogP contribution in [0.4, 0.5) is 0 Å². The summed E-state index contributed by atoms with van der Waals surface area (Å²) in [6.45, 7) is 0. The van der Waals surface area contributed by atoms with Crippen molar-refractivity contribution >= 4 is 12.2 Å². The highest BCUT2D eigenvalue weighted by Crippen LogP contribution is 2.22. The molecule has 1 aromatic carbocycles. The van der Waals surface area contributed by atoms with Crippen molar-refractivity contribution < 1.29 is 9.84 Å². The lowest BCUT2D eigenvalue weighted by atomic mass is 10.1. The Morgan fingerprint density at radius 2 is 2.00 bits per heavy atom. The lowest BCUT2D eigenvalue weighted by Gasteiger charge is -2.02. The predicted octanol–water partition coefficient (Wildman–Crippen LogP) is 2.97. The highest BCUT2D eigenvalue weighted by Gasteiger charge is 1.97. The van der Waals surface area contributed by atoms with Gasteiger partial charge in [-0.2, -0.15) is 0 Å². The van der Waals surface area contributed by atoms with Gasteiger partial charge in [0.15, 0.2) is 0 Å². The monoisotopic (exact) mass is 227 g/mol. The van der Waals surface area contributed by atoms with Crippen LogP contribution in [0.25, 0.3) is 12.2 Å². The molecule has 2 aromatic rings. The van der Waals surface area contributed by atoms with Gasteiger partial charge in [0.05, 0.1) is 7.11 Å². The lowest BCUT2D eigenvalue weighted by molar-refractivity contribution is 0.407. The molecule has 3 nitrogen and oxygen atoms in total. The Morgan fingerprint density at radius 3 is 2.71 bits per heavy atom. The molecule has 1 heterocycles. The first-order valence-corrected chi connectivity index (χ1v) is 5.24. The topological polar surface area (TPSA) is 42.4 Å². The number of phenols is 1. The number of hydrogen-bond donors (Lipinski definition) is 1. The van der Waals surface area contributed by atoms with Gasteiger partial charge < -0.3 is 9.84 Å². The highest BCUT2D eigenvalue weighted by atomic mass is 16.5. The van der Waals surface area contributed by atoms with E-state index in [1.807, 2.05) is 30.4 Å². The molecule has 0 fully saturated rings. The van der Waals surface area contributed by atoms with Crippen LogP contribution in [-0.2, 0) is 0 Å². The van der Waals surface area contributed by atoms with Crippen LogP contribution in [0, 0.1) is 0 Å². The second-order valence-electron chi connectivity index (χ2n) is 3.58. The molecule has 0 bridgehead atoms. The van der Waals surface area contributed by atoms with Crippen molar-refractivity contribution in [2.75, 3.05) is 7.11 Å². The van der Waals surface area contributed by atoms with E-state index in [1.54, 1.807) is 31.6 Å². The van der Waals surface area contributed by atoms with Crippen molar-refractivity contribution in [2.24, 2.45) is 0 Å². The minimum absolute atomic E-state index is 0.190. The molecule has 0 aliphatic carbocycles. The Balaban J connectivity index is 2.24. The number of phenolic OH excluding ortho intramolecular Hbond substituents is 1. The minimum Gasteiger partial charge on any atom is -0.508 e. The molecule has 0 spiro atoms. The smallest absolute Gasteiger partial charge is 0.123 e. The minimum atomic E-state index is 0.190. The summed E-state index contributed by atoms with van der Waals surface area (Å²) in [5.41, 5.74) is 1.89. The van der Waals surface area contributed by atoms with E-state index in [2.05, 4.69) is 4.98 Å². The quantitative estimate of drug-likeness (QED) is 0.876. The second-order valence-corrected chi connectivity index (χ2v) is 3.58. The molecule has 2 rings (SSSR count). The fourth-order valence-electron chi connectivity index (χ4n) is 1.49. The van der Waals surface area contributed by atoms with E-state index in [0.29, 0.717) is 5.75 Å². The first-order valence-electron chi connectivity index (χ1n) is 5.24. The molecule has 0 aliphatic rings. The molecule has 0 unspecified atom stereocenters. The van der Waals surface area contributed by atoms with Crippen LogP contribution < -0.4 is 4.74 Å². The molecule has 0 saturated carbocycles. The summed E-state index contributed by atoms with van der Waals surface area (Å²) in [6, 6.07) is 8.94. The molecule has 0 radical (unpaired) electrons. The predicted molar refractivity (Wildman–Crippen MR) is 67.8 cm³/mol. The second kappa shape index (κ2) is 5.16. The Kier molecular flexibility index (Phi) is 3.40. The number of nitrogens with zero attached hydrogens (tertiary/aromatic N) is 1. The zero-order valence-corrected chi connectivity index (χ0v) is 9.50. The van der Waals surface area contributed by atoms with Gasteiger partial charge in [-0.3, -0.25) is 4.98 Å². The zero-order chi connectivity index (χ0) is 12.1. The highest BCUT2D eigenvalue weighted by molar-refractivity contribution is 5.70. The van der Waals surface area contributed by atoms with E-state index < -0.39 is 0 Å². The summed E-state index contributed by atoms with van der Waals surface area (Å²) < 4.78 is 5.08. The van der Waals surface area contributed by atoms with Crippen LogP contribution in [0.1, 0.15) is 11.1 Å². The SMILES string of the molecule is COc1cc(O)cc(/C=C/c2cccnc2)c1. The molecule has 86 valence electrons. The third-order valence-electron chi connectivity index (χ3n) is 2.30. The van der Waals surface area contributed by atoms with Crippen molar-refractivity contribution in [3.8, 4) is 11.5 Å². The van der Waals surface area contributed by atoms with E-state index >= 15 is 0 Å². The maximum Gasteiger partial charge on any atom is 0.123 e. The Morgan fingerprint density at radius 1 is 1.18 bits per heavy atom. The van der Waals surface area contributed by atoms with Crippen LogP contribution in [0.15, 0.2) is 42.7 Å². The van der Waals surface area contributed by atoms with Crippen molar-refractivity contribution in [1.29, 1.82) is 0 Å². The van der Waals surface area contributed by atoms with Crippen LogP contribution in [-0.4, -0.2) is 17.2 Å². The summed E-state index contributed by atoms with van der Waals surface area (Å²) >= 11 is 0. The number of hydrogen-bond acceptors (Lipinski definition) is 3. The molecule has 0 atom stereocenters. The third-order valence-corrected chi connectivity index (χ3v) is 2.30. The summed E-state index contributed by atoms with van der Waals surface area (Å²) in [4.78, 5) is 4.02. The van der Waals surface area contributed by atoms with E-state index in [0.717, 1.165) is 11.1 Å². The molecule has 0 saturated heterocycles. The standard InChI is InChI=1S/C14H13NO2/c1-17-14-8-12(7-13(16)9-14)5-4-11-3-2-6-15-10-11/h2-10,16H,1H3/b5-4+. The van der Waals surface area contributed by atoms with Gasteiger partial charge in [0, 0.05) is 18.5 Å². The van der Waals surface area contributed by atoms with Crippen molar-refractivity contribution in [3.05, 3.63) is 53.9 Å². The summed E-state index contributed by atoms with van der Waals surface area (Å²) in [5, 5.41) is 9.50. The molecular weight excluding hydrogens is 214 g/mol. The average Bonchev–Trinajstić information content (AvgIpc) is 2.37. The lowest BCUT2D eigenvalue weighted by Crippen LogP contribution is -1.83. The number of methoxy groups -OCH3 is 1. The third kappa shape index (κ3) is 3.08. The molecule has 1 aromatic heterocycles. The maximum atomic E-state index is 9.50. The van der Waals surface area contributed by atoms with Crippen molar-refractivity contribution in [3.63, 3.8) is 0 Å². The Labute approximate surface area is 100 Å². The number of aromatic hydroxyl groups is 1. The van der Waals surface area contributed by atoms with Gasteiger partial charge in [-0.05, 0) is 29.3 Å². The van der Waals surface area contributed by atoms with Gasteiger partial charge >= 0.3 is 0 Å². The van der Waals surface area contributed by atoms with E-state index in [4.69, 9.17) is 4.74 Å². The molecule has 17 heavy (non-hydrogen) atoms. The molecule has 3 heteroatoms. The van der Waals surface area contributed by atoms with Crippen molar-refractivity contribution in [2.45, 2.75) is 0 Å². The van der Waals surface area contributed by atoms with Gasteiger partial charge in [-0.15, -0.1) is 0 Å². The average molecular weight is 227 g/mol.